The molecule has 1 heterocycles. The summed E-state index contributed by atoms with van der Waals surface area (Å²) in [4.78, 5) is 10.3. The zero-order valence-electron chi connectivity index (χ0n) is 10.8. The number of benzene rings is 1. The van der Waals surface area contributed by atoms with Gasteiger partial charge in [-0.2, -0.15) is 0 Å². The van der Waals surface area contributed by atoms with E-state index in [2.05, 4.69) is 13.8 Å². The van der Waals surface area contributed by atoms with Crippen molar-refractivity contribution in [3.8, 4) is 0 Å². The molecule has 2 rings (SSSR count). The van der Waals surface area contributed by atoms with E-state index in [0.717, 1.165) is 0 Å². The first kappa shape index (κ1) is 13.0. The summed E-state index contributed by atoms with van der Waals surface area (Å²) >= 11 is 0. The molecule has 5 heteroatoms. The second-order valence-electron chi connectivity index (χ2n) is 5.26. The standard InChI is InChI=1S/C13H17NO4/c1-9-13(2,3)8-17-12(18-9)10-5-4-6-11(7-10)14(15)16/h4-7,9,12H,8H2,1-3H3/t9-,12+/m1/s1. The molecular formula is C13H17NO4. The lowest BCUT2D eigenvalue weighted by Gasteiger charge is -2.40. The molecule has 0 saturated carbocycles. The van der Waals surface area contributed by atoms with E-state index >= 15 is 0 Å². The summed E-state index contributed by atoms with van der Waals surface area (Å²) in [5, 5.41) is 10.7. The smallest absolute Gasteiger partial charge is 0.269 e. The first-order valence-electron chi connectivity index (χ1n) is 5.91. The van der Waals surface area contributed by atoms with Gasteiger partial charge in [-0.05, 0) is 6.92 Å². The highest BCUT2D eigenvalue weighted by Crippen LogP contribution is 2.36. The lowest BCUT2D eigenvalue weighted by molar-refractivity contribution is -0.385. The Morgan fingerprint density at radius 1 is 1.44 bits per heavy atom. The zero-order chi connectivity index (χ0) is 13.3. The van der Waals surface area contributed by atoms with Crippen LogP contribution in [0.4, 0.5) is 5.69 Å². The molecule has 1 saturated heterocycles. The van der Waals surface area contributed by atoms with Crippen molar-refractivity contribution in [1.82, 2.24) is 0 Å². The highest BCUT2D eigenvalue weighted by atomic mass is 16.7. The summed E-state index contributed by atoms with van der Waals surface area (Å²) in [6.45, 7) is 6.71. The highest BCUT2D eigenvalue weighted by molar-refractivity contribution is 5.34. The summed E-state index contributed by atoms with van der Waals surface area (Å²) in [6.07, 6.45) is -0.483. The van der Waals surface area contributed by atoms with Gasteiger partial charge in [0.2, 0.25) is 0 Å². The average Bonchev–Trinajstić information content (AvgIpc) is 2.33. The van der Waals surface area contributed by atoms with Gasteiger partial charge in [-0.25, -0.2) is 0 Å². The van der Waals surface area contributed by atoms with E-state index in [4.69, 9.17) is 9.47 Å². The van der Waals surface area contributed by atoms with Gasteiger partial charge in [0.05, 0.1) is 17.6 Å². The first-order chi connectivity index (χ1) is 8.40. The average molecular weight is 251 g/mol. The van der Waals surface area contributed by atoms with Crippen LogP contribution >= 0.6 is 0 Å². The molecule has 2 atom stereocenters. The molecule has 0 unspecified atom stereocenters. The number of nitro benzene ring substituents is 1. The normalized spacial score (nSPS) is 26.8. The maximum Gasteiger partial charge on any atom is 0.269 e. The Morgan fingerprint density at radius 2 is 2.17 bits per heavy atom. The summed E-state index contributed by atoms with van der Waals surface area (Å²) in [5.41, 5.74) is 0.695. The highest BCUT2D eigenvalue weighted by Gasteiger charge is 2.36. The van der Waals surface area contributed by atoms with E-state index in [0.29, 0.717) is 12.2 Å². The Kier molecular flexibility index (Phi) is 3.36. The summed E-state index contributed by atoms with van der Waals surface area (Å²) < 4.78 is 11.4. The lowest BCUT2D eigenvalue weighted by atomic mass is 9.87. The Hall–Kier alpha value is -1.46. The number of ether oxygens (including phenoxy) is 2. The van der Waals surface area contributed by atoms with Crippen molar-refractivity contribution in [2.45, 2.75) is 33.2 Å². The van der Waals surface area contributed by atoms with Crippen LogP contribution in [0.2, 0.25) is 0 Å². The van der Waals surface area contributed by atoms with Crippen molar-refractivity contribution in [1.29, 1.82) is 0 Å². The minimum absolute atomic E-state index is 0.0375. The molecule has 0 spiro atoms. The van der Waals surface area contributed by atoms with Gasteiger partial charge in [0.1, 0.15) is 0 Å². The van der Waals surface area contributed by atoms with E-state index in [9.17, 15) is 10.1 Å². The minimum Gasteiger partial charge on any atom is -0.348 e. The fourth-order valence-electron chi connectivity index (χ4n) is 1.78. The van der Waals surface area contributed by atoms with E-state index in [1.54, 1.807) is 12.1 Å². The van der Waals surface area contributed by atoms with Crippen LogP contribution in [0.25, 0.3) is 0 Å². The van der Waals surface area contributed by atoms with Crippen LogP contribution in [0.3, 0.4) is 0 Å². The van der Waals surface area contributed by atoms with Crippen molar-refractivity contribution in [3.05, 3.63) is 39.9 Å². The Balaban J connectivity index is 2.18. The fourth-order valence-corrected chi connectivity index (χ4v) is 1.78. The first-order valence-corrected chi connectivity index (χ1v) is 5.91. The van der Waals surface area contributed by atoms with E-state index in [1.807, 2.05) is 6.92 Å². The monoisotopic (exact) mass is 251 g/mol. The quantitative estimate of drug-likeness (QED) is 0.598. The van der Waals surface area contributed by atoms with E-state index < -0.39 is 11.2 Å². The van der Waals surface area contributed by atoms with Crippen LogP contribution < -0.4 is 0 Å². The molecule has 5 nitrogen and oxygen atoms in total. The Bertz CT molecular complexity index is 458. The molecule has 1 aromatic carbocycles. The van der Waals surface area contributed by atoms with Crippen molar-refractivity contribution < 1.29 is 14.4 Å². The third kappa shape index (κ3) is 2.52. The molecule has 1 fully saturated rings. The fraction of sp³-hybridized carbons (Fsp3) is 0.538. The third-order valence-corrected chi connectivity index (χ3v) is 3.39. The van der Waals surface area contributed by atoms with Crippen LogP contribution in [0, 0.1) is 15.5 Å². The van der Waals surface area contributed by atoms with Crippen molar-refractivity contribution in [3.63, 3.8) is 0 Å². The lowest BCUT2D eigenvalue weighted by Crippen LogP contribution is -2.40. The van der Waals surface area contributed by atoms with Crippen LogP contribution in [-0.2, 0) is 9.47 Å². The van der Waals surface area contributed by atoms with Crippen LogP contribution in [0.15, 0.2) is 24.3 Å². The molecule has 0 aromatic heterocycles. The van der Waals surface area contributed by atoms with Crippen LogP contribution in [0.5, 0.6) is 0 Å². The maximum atomic E-state index is 10.7. The summed E-state index contributed by atoms with van der Waals surface area (Å²) in [6, 6.07) is 6.38. The largest absolute Gasteiger partial charge is 0.348 e. The molecule has 0 bridgehead atoms. The van der Waals surface area contributed by atoms with Gasteiger partial charge in [-0.15, -0.1) is 0 Å². The predicted octanol–water partition coefficient (Wildman–Crippen LogP) is 3.05. The molecule has 18 heavy (non-hydrogen) atoms. The second kappa shape index (κ2) is 4.66. The minimum atomic E-state index is -0.520. The number of non-ortho nitro benzene ring substituents is 1. The van der Waals surface area contributed by atoms with E-state index in [1.165, 1.54) is 12.1 Å². The maximum absolute atomic E-state index is 10.7. The second-order valence-corrected chi connectivity index (χ2v) is 5.26. The number of nitro groups is 1. The van der Waals surface area contributed by atoms with Crippen LogP contribution in [-0.4, -0.2) is 17.6 Å². The van der Waals surface area contributed by atoms with Gasteiger partial charge in [0, 0.05) is 23.1 Å². The molecule has 0 radical (unpaired) electrons. The number of hydrogen-bond donors (Lipinski definition) is 0. The van der Waals surface area contributed by atoms with E-state index in [-0.39, 0.29) is 17.2 Å². The zero-order valence-corrected chi connectivity index (χ0v) is 10.8. The Morgan fingerprint density at radius 3 is 2.78 bits per heavy atom. The number of hydrogen-bond acceptors (Lipinski definition) is 4. The number of rotatable bonds is 2. The van der Waals surface area contributed by atoms with Crippen LogP contribution in [0.1, 0.15) is 32.6 Å². The predicted molar refractivity (Wildman–Crippen MR) is 66.1 cm³/mol. The van der Waals surface area contributed by atoms with Gasteiger partial charge in [0.15, 0.2) is 6.29 Å². The topological polar surface area (TPSA) is 61.6 Å². The molecule has 1 aromatic rings. The Labute approximate surface area is 106 Å². The van der Waals surface area contributed by atoms with Crippen molar-refractivity contribution >= 4 is 5.69 Å². The SMILES string of the molecule is C[C@H]1O[C@@H](c2cccc([N+](=O)[O-])c2)OCC1(C)C. The summed E-state index contributed by atoms with van der Waals surface area (Å²) in [7, 11) is 0. The molecule has 1 aliphatic heterocycles. The molecular weight excluding hydrogens is 234 g/mol. The van der Waals surface area contributed by atoms with Crippen molar-refractivity contribution in [2.75, 3.05) is 6.61 Å². The summed E-state index contributed by atoms with van der Waals surface area (Å²) in [5.74, 6) is 0. The molecule has 98 valence electrons. The molecule has 0 amide bonds. The van der Waals surface area contributed by atoms with Gasteiger partial charge in [-0.3, -0.25) is 10.1 Å². The molecule has 0 N–H and O–H groups in total. The van der Waals surface area contributed by atoms with Crippen molar-refractivity contribution in [2.24, 2.45) is 5.41 Å². The molecule has 1 aliphatic rings. The van der Waals surface area contributed by atoms with Gasteiger partial charge in [0.25, 0.3) is 5.69 Å². The number of nitrogens with zero attached hydrogens (tertiary/aromatic N) is 1. The van der Waals surface area contributed by atoms with Gasteiger partial charge in [-0.1, -0.05) is 26.0 Å². The third-order valence-electron chi connectivity index (χ3n) is 3.39. The van der Waals surface area contributed by atoms with Gasteiger partial charge < -0.3 is 9.47 Å². The van der Waals surface area contributed by atoms with Gasteiger partial charge >= 0.3 is 0 Å². The molecule has 0 aliphatic carbocycles.